The predicted molar refractivity (Wildman–Crippen MR) is 525 cm³/mol. The Balaban J connectivity index is 0.000000175. The Labute approximate surface area is 800 Å². The van der Waals surface area contributed by atoms with Gasteiger partial charge in [-0.3, -0.25) is 38.1 Å². The van der Waals surface area contributed by atoms with Gasteiger partial charge in [0.25, 0.3) is 17.7 Å². The van der Waals surface area contributed by atoms with Crippen LogP contribution in [0.1, 0.15) is 202 Å². The summed E-state index contributed by atoms with van der Waals surface area (Å²) in [7, 11) is -6.68. The molecule has 2 fully saturated rings. The average Bonchev–Trinajstić information content (AvgIpc) is 1.58. The van der Waals surface area contributed by atoms with Crippen LogP contribution in [-0.2, 0) is 52.9 Å². The fourth-order valence-corrected chi connectivity index (χ4v) is 17.6. The average molecular weight is 1950 g/mol. The number of sulfonamides is 3. The van der Waals surface area contributed by atoms with Crippen LogP contribution in [0.25, 0.3) is 56.7 Å². The van der Waals surface area contributed by atoms with E-state index in [4.69, 9.17) is 19.3 Å². The van der Waals surface area contributed by atoms with Crippen molar-refractivity contribution in [3.8, 4) is 73.9 Å². The first kappa shape index (κ1) is 102. The fraction of sp³-hybridized carbons (Fsp3) is 0.381. The summed E-state index contributed by atoms with van der Waals surface area (Å²) >= 11 is 0. The van der Waals surface area contributed by atoms with Crippen LogP contribution in [0.15, 0.2) is 152 Å². The Morgan fingerprint density at radius 2 is 0.804 bits per heavy atom. The number of anilines is 6. The first-order valence-corrected chi connectivity index (χ1v) is 50.0. The van der Waals surface area contributed by atoms with Gasteiger partial charge in [0.1, 0.15) is 35.3 Å². The lowest BCUT2D eigenvalue weighted by Gasteiger charge is -2.41. The molecule has 7 aromatic carbocycles. The van der Waals surface area contributed by atoms with Gasteiger partial charge in [0.05, 0.1) is 152 Å². The maximum absolute atomic E-state index is 13.7. The zero-order valence-corrected chi connectivity index (χ0v) is 83.8. The summed E-state index contributed by atoms with van der Waals surface area (Å²) in [4.78, 5) is 47.6. The lowest BCUT2D eigenvalue weighted by atomic mass is 9.86. The Bertz CT molecular complexity index is 7140. The zero-order chi connectivity index (χ0) is 101. The summed E-state index contributed by atoms with van der Waals surface area (Å²) < 4.78 is 160. The van der Waals surface area contributed by atoms with E-state index in [1.165, 1.54) is 50.5 Å². The Hall–Kier alpha value is -13.7. The van der Waals surface area contributed by atoms with Crippen molar-refractivity contribution in [3.05, 3.63) is 226 Å². The number of methoxy groups -OCH3 is 3. The number of ether oxygens (including phenoxy) is 3. The Morgan fingerprint density at radius 3 is 1.15 bits per heavy atom. The molecule has 0 radical (unpaired) electrons. The number of aromatic nitrogens is 15. The van der Waals surface area contributed by atoms with Crippen molar-refractivity contribution >= 4 is 81.9 Å². The lowest BCUT2D eigenvalue weighted by molar-refractivity contribution is -0.140. The molecule has 0 unspecified atom stereocenters. The Morgan fingerprint density at radius 1 is 0.449 bits per heavy atom. The van der Waals surface area contributed by atoms with Gasteiger partial charge in [0, 0.05) is 58.1 Å². The van der Waals surface area contributed by atoms with E-state index in [0.717, 1.165) is 118 Å². The largest absolute Gasteiger partial charge is 0.492 e. The van der Waals surface area contributed by atoms with E-state index in [9.17, 15) is 57.2 Å². The van der Waals surface area contributed by atoms with Crippen LogP contribution in [-0.4, -0.2) is 187 Å². The molecule has 2 aliphatic rings. The summed E-state index contributed by atoms with van der Waals surface area (Å²) in [6, 6.07) is 32.3. The van der Waals surface area contributed by atoms with E-state index in [1.54, 1.807) is 124 Å². The summed E-state index contributed by atoms with van der Waals surface area (Å²) in [5.41, 5.74) is 14.3. The lowest BCUT2D eigenvalue weighted by Crippen LogP contribution is -2.46. The third kappa shape index (κ3) is 24.3. The van der Waals surface area contributed by atoms with Crippen LogP contribution in [0.5, 0.6) is 17.2 Å². The number of amides is 3. The molecule has 7 heterocycles. The van der Waals surface area contributed by atoms with Crippen LogP contribution < -0.4 is 44.3 Å². The first-order chi connectivity index (χ1) is 64.4. The molecule has 6 N–H and O–H groups in total. The fourth-order valence-electron chi connectivity index (χ4n) is 16.0. The van der Waals surface area contributed by atoms with E-state index in [2.05, 4.69) is 108 Å². The Kier molecular flexibility index (Phi) is 29.1. The molecule has 6 aromatic heterocycles. The number of carbonyl (C=O) groups is 3. The van der Waals surface area contributed by atoms with Crippen molar-refractivity contribution < 1.29 is 71.4 Å². The molecule has 34 nitrogen and oxygen atoms in total. The number of likely N-dealkylation sites (tertiary alicyclic amines) is 1. The second-order valence-electron chi connectivity index (χ2n) is 38.7. The summed E-state index contributed by atoms with van der Waals surface area (Å²) in [5, 5.41) is 43.7. The molecule has 3 amide bonds. The van der Waals surface area contributed by atoms with E-state index in [-0.39, 0.29) is 91.0 Å². The van der Waals surface area contributed by atoms with Crippen molar-refractivity contribution in [2.45, 2.75) is 190 Å². The molecule has 1 aliphatic carbocycles. The number of alkyl halides is 3. The molecular formula is C97H116F4N22O12S3. The normalized spacial score (nSPS) is 13.6. The van der Waals surface area contributed by atoms with Gasteiger partial charge in [0.2, 0.25) is 30.1 Å². The molecule has 13 aromatic rings. The van der Waals surface area contributed by atoms with Crippen LogP contribution in [0.4, 0.5) is 51.7 Å². The minimum absolute atomic E-state index is 0.00506. The van der Waals surface area contributed by atoms with Crippen molar-refractivity contribution in [3.63, 3.8) is 0 Å². The number of rotatable bonds is 25. The topological polar surface area (TPSA) is 402 Å². The maximum Gasteiger partial charge on any atom is 0.406 e. The zero-order valence-electron chi connectivity index (χ0n) is 81.3. The number of imidazole rings is 1. The predicted octanol–water partition coefficient (Wildman–Crippen LogP) is 17.7. The number of carbonyl (C=O) groups excluding carboxylic acids is 3. The molecule has 1 saturated heterocycles. The number of nitrogens with zero attached hydrogens (tertiary/aromatic N) is 16. The van der Waals surface area contributed by atoms with Crippen LogP contribution in [0, 0.1) is 40.4 Å². The molecule has 1 aliphatic heterocycles. The van der Waals surface area contributed by atoms with Crippen LogP contribution >= 0.6 is 0 Å². The molecule has 0 spiro atoms. The molecule has 732 valence electrons. The third-order valence-electron chi connectivity index (χ3n) is 23.6. The number of piperidine rings is 1. The summed E-state index contributed by atoms with van der Waals surface area (Å²) in [6.45, 7) is 35.1. The van der Waals surface area contributed by atoms with Gasteiger partial charge >= 0.3 is 6.18 Å². The number of benzene rings is 7. The van der Waals surface area contributed by atoms with Crippen molar-refractivity contribution in [1.82, 2.24) is 79.0 Å². The summed E-state index contributed by atoms with van der Waals surface area (Å²) in [5.74, 6) is -0.744. The monoisotopic (exact) mass is 1950 g/mol. The molecule has 0 bridgehead atoms. The van der Waals surface area contributed by atoms with E-state index in [1.807, 2.05) is 108 Å². The minimum atomic E-state index is -4.44. The third-order valence-corrected chi connectivity index (χ3v) is 25.4. The van der Waals surface area contributed by atoms with E-state index < -0.39 is 60.0 Å². The van der Waals surface area contributed by atoms with Gasteiger partial charge in [-0.2, -0.15) is 23.4 Å². The first-order valence-electron chi connectivity index (χ1n) is 44.3. The number of hydrogen-bond acceptors (Lipinski definition) is 22. The highest BCUT2D eigenvalue weighted by Crippen LogP contribution is 2.46. The molecule has 1 saturated carbocycles. The van der Waals surface area contributed by atoms with Gasteiger partial charge in [0.15, 0.2) is 17.2 Å². The van der Waals surface area contributed by atoms with Gasteiger partial charge in [-0.25, -0.2) is 53.4 Å². The quantitative estimate of drug-likeness (QED) is 0.0289. The minimum Gasteiger partial charge on any atom is -0.492 e. The number of aryl methyl sites for hydroxylation is 3. The molecule has 138 heavy (non-hydrogen) atoms. The van der Waals surface area contributed by atoms with Crippen molar-refractivity contribution in [2.24, 2.45) is 0 Å². The molecule has 0 atom stereocenters. The highest BCUT2D eigenvalue weighted by Gasteiger charge is 2.38. The van der Waals surface area contributed by atoms with Gasteiger partial charge in [-0.1, -0.05) is 96.2 Å². The van der Waals surface area contributed by atoms with Crippen molar-refractivity contribution in [2.75, 3.05) is 83.3 Å². The number of nitrogens with one attached hydrogen (secondary N) is 6. The van der Waals surface area contributed by atoms with Gasteiger partial charge < -0.3 is 34.7 Å². The van der Waals surface area contributed by atoms with E-state index >= 15 is 0 Å². The van der Waals surface area contributed by atoms with Crippen LogP contribution in [0.2, 0.25) is 0 Å². The van der Waals surface area contributed by atoms with Crippen LogP contribution in [0.3, 0.4) is 0 Å². The second kappa shape index (κ2) is 39.4. The molecular weight excluding hydrogens is 1840 g/mol. The smallest absolute Gasteiger partial charge is 0.406 e. The SMILES string of the molecule is COc1c(NC(=O)c2ccc(C)c(-n3cc(-c4cnc(C5CC5)n4CC(F)(F)F)nn3)c2)cc(C(C)(C)C)cc1NS(C)(=O)=O.COc1c(NC(=O)c2ccc(C)c(-n3cc(-c4cnn(-c5ccc(F)cc5)c4C)nn3)c2)cc(C(C)(C)C)cc1NS(C)(=O)=O.COc1c(NC(=O)c2ccc(C)c(-n3cc(-c4cnn(C5CCN(C(C)(C)C)CC5)c4C)nn3)c2)cc(C(C)(C)C)cc1NS(C)(=O)=O. The molecule has 41 heteroatoms. The van der Waals surface area contributed by atoms with Gasteiger partial charge in [-0.05, 0) is 228 Å². The highest BCUT2D eigenvalue weighted by atomic mass is 32.2. The molecule has 15 rings (SSSR count). The highest BCUT2D eigenvalue weighted by molar-refractivity contribution is 7.92. The second-order valence-corrected chi connectivity index (χ2v) is 43.9. The van der Waals surface area contributed by atoms with E-state index in [0.29, 0.717) is 68.5 Å². The van der Waals surface area contributed by atoms with Crippen molar-refractivity contribution in [1.29, 1.82) is 0 Å². The number of halogens is 4. The van der Waals surface area contributed by atoms with Gasteiger partial charge in [-0.15, -0.1) is 15.3 Å². The summed E-state index contributed by atoms with van der Waals surface area (Å²) in [6.07, 6.45) is 12.4. The maximum atomic E-state index is 13.7. The standard InChI is InChI=1S/C35H48N8O4S.C32H34FN7O4S.C30H34F3N7O4S/c1-22-11-12-24(33(44)37-28-18-25(34(3,4)5)19-29(32(28)47-9)39-48(10,45)46)17-31(22)42-21-30(38-40-42)27-20-36-43(23(27)2)26-13-15-41(16-14-26)35(6,7)8;1-19-8-9-21(31(41)35-26-15-22(32(3,4)5)16-27(30(26)44-6)37-45(7,42)43)14-29(19)39-18-28(36-38-39)25-17-34-40(20(25)2)24-12-10-23(33)11-13-24;1-17-7-8-19(28(41)35-21-12-20(29(2,3)4)13-22(26(21)44-5)37-45(6,42)43)11-24(17)40-15-23(36-38-40)25-14-34-27(18-9-10-18)39(25)16-30(31,32)33/h11-12,17-21,26,39H,13-16H2,1-10H3,(H,37,44);8-18,37H,1-7H3,(H,35,41);7-8,11-15,18,37H,9-10,16H2,1-6H3,(H,35,41). The number of hydrogen-bond donors (Lipinski definition) is 6.